The van der Waals surface area contributed by atoms with Crippen molar-refractivity contribution in [3.63, 3.8) is 0 Å². The molecule has 84 valence electrons. The van der Waals surface area contributed by atoms with Gasteiger partial charge in [-0.1, -0.05) is 18.2 Å². The minimum absolute atomic E-state index is 0.101. The van der Waals surface area contributed by atoms with E-state index in [0.717, 1.165) is 10.5 Å². The topological polar surface area (TPSA) is 57.6 Å². The van der Waals surface area contributed by atoms with Gasteiger partial charge in [0, 0.05) is 12.1 Å². The number of rotatable bonds is 2. The second-order valence-corrected chi connectivity index (χ2v) is 3.58. The summed E-state index contributed by atoms with van der Waals surface area (Å²) in [5, 5.41) is 8.53. The summed E-state index contributed by atoms with van der Waals surface area (Å²) in [4.78, 5) is 23.0. The maximum atomic E-state index is 13.3. The quantitative estimate of drug-likeness (QED) is 0.763. The maximum Gasteiger partial charge on any atom is 0.359 e. The minimum Gasteiger partial charge on any atom is -0.478 e. The van der Waals surface area contributed by atoms with Crippen molar-refractivity contribution < 1.29 is 19.1 Å². The van der Waals surface area contributed by atoms with Crippen LogP contribution in [0.25, 0.3) is 0 Å². The van der Waals surface area contributed by atoms with Crippen molar-refractivity contribution in [2.24, 2.45) is 0 Å². The Labute approximate surface area is 91.3 Å². The van der Waals surface area contributed by atoms with Crippen LogP contribution in [0.5, 0.6) is 0 Å². The fraction of sp³-hybridized carbons (Fsp3) is 0.273. The molecule has 1 aromatic rings. The Balaban J connectivity index is 2.31. The smallest absolute Gasteiger partial charge is 0.359 e. The Morgan fingerprint density at radius 2 is 2.12 bits per heavy atom. The van der Waals surface area contributed by atoms with E-state index in [4.69, 9.17) is 5.11 Å². The van der Waals surface area contributed by atoms with Crippen LogP contribution in [0, 0.1) is 0 Å². The SMILES string of the molecule is O=C(O)C(F)N1CCc2ccccc2C1=O. The Morgan fingerprint density at radius 3 is 2.81 bits per heavy atom. The van der Waals surface area contributed by atoms with Gasteiger partial charge in [-0.05, 0) is 18.1 Å². The van der Waals surface area contributed by atoms with Gasteiger partial charge in [-0.3, -0.25) is 9.69 Å². The van der Waals surface area contributed by atoms with Gasteiger partial charge in [-0.2, -0.15) is 0 Å². The number of carbonyl (C=O) groups is 2. The number of amides is 1. The van der Waals surface area contributed by atoms with Gasteiger partial charge in [0.05, 0.1) is 0 Å². The molecule has 16 heavy (non-hydrogen) atoms. The molecule has 1 N–H and O–H groups in total. The highest BCUT2D eigenvalue weighted by molar-refractivity contribution is 5.98. The predicted octanol–water partition coefficient (Wildman–Crippen LogP) is 1.07. The zero-order valence-corrected chi connectivity index (χ0v) is 8.39. The summed E-state index contributed by atoms with van der Waals surface area (Å²) in [6, 6.07) is 6.84. The van der Waals surface area contributed by atoms with Crippen molar-refractivity contribution in [1.82, 2.24) is 4.90 Å². The van der Waals surface area contributed by atoms with Crippen LogP contribution >= 0.6 is 0 Å². The highest BCUT2D eigenvalue weighted by Crippen LogP contribution is 2.20. The molecular weight excluding hydrogens is 213 g/mol. The van der Waals surface area contributed by atoms with E-state index in [1.165, 1.54) is 0 Å². The van der Waals surface area contributed by atoms with E-state index in [9.17, 15) is 14.0 Å². The summed E-state index contributed by atoms with van der Waals surface area (Å²) in [5.74, 6) is -2.19. The molecule has 0 aromatic heterocycles. The third kappa shape index (κ3) is 1.64. The number of hydrogen-bond donors (Lipinski definition) is 1. The second-order valence-electron chi connectivity index (χ2n) is 3.58. The summed E-state index contributed by atoms with van der Waals surface area (Å²) in [5.41, 5.74) is 1.22. The van der Waals surface area contributed by atoms with Crippen LogP contribution in [0.4, 0.5) is 4.39 Å². The summed E-state index contributed by atoms with van der Waals surface area (Å²) >= 11 is 0. The lowest BCUT2D eigenvalue weighted by atomic mass is 9.99. The Kier molecular flexibility index (Phi) is 2.60. The number of carbonyl (C=O) groups excluding carboxylic acids is 1. The van der Waals surface area contributed by atoms with Crippen molar-refractivity contribution in [1.29, 1.82) is 0 Å². The number of halogens is 1. The van der Waals surface area contributed by atoms with E-state index in [2.05, 4.69) is 0 Å². The van der Waals surface area contributed by atoms with Crippen LogP contribution in [0.15, 0.2) is 24.3 Å². The summed E-state index contributed by atoms with van der Waals surface area (Å²) in [6.45, 7) is 0.101. The average Bonchev–Trinajstić information content (AvgIpc) is 2.29. The van der Waals surface area contributed by atoms with Crippen molar-refractivity contribution >= 4 is 11.9 Å². The fourth-order valence-electron chi connectivity index (χ4n) is 1.79. The molecule has 1 amide bonds. The van der Waals surface area contributed by atoms with Crippen LogP contribution in [0.2, 0.25) is 0 Å². The molecule has 1 aliphatic rings. The van der Waals surface area contributed by atoms with Crippen LogP contribution < -0.4 is 0 Å². The number of carboxylic acid groups (broad SMARTS) is 1. The van der Waals surface area contributed by atoms with Crippen molar-refractivity contribution in [3.8, 4) is 0 Å². The van der Waals surface area contributed by atoms with Gasteiger partial charge >= 0.3 is 5.97 Å². The van der Waals surface area contributed by atoms with Crippen LogP contribution in [0.3, 0.4) is 0 Å². The van der Waals surface area contributed by atoms with Gasteiger partial charge in [-0.25, -0.2) is 9.18 Å². The number of benzene rings is 1. The van der Waals surface area contributed by atoms with Gasteiger partial charge in [-0.15, -0.1) is 0 Å². The van der Waals surface area contributed by atoms with Crippen LogP contribution in [-0.2, 0) is 11.2 Å². The second kappa shape index (κ2) is 3.92. The Morgan fingerprint density at radius 1 is 1.44 bits per heavy atom. The van der Waals surface area contributed by atoms with Crippen LogP contribution in [0.1, 0.15) is 15.9 Å². The van der Waals surface area contributed by atoms with E-state index in [0.29, 0.717) is 12.0 Å². The normalized spacial score (nSPS) is 16.8. The highest BCUT2D eigenvalue weighted by Gasteiger charge is 2.33. The van der Waals surface area contributed by atoms with Crippen molar-refractivity contribution in [2.45, 2.75) is 12.7 Å². The summed E-state index contributed by atoms with van der Waals surface area (Å²) in [7, 11) is 0. The lowest BCUT2D eigenvalue weighted by Crippen LogP contribution is -2.46. The number of hydrogen-bond acceptors (Lipinski definition) is 2. The molecule has 4 nitrogen and oxygen atoms in total. The largest absolute Gasteiger partial charge is 0.478 e. The number of alkyl halides is 1. The van der Waals surface area contributed by atoms with Gasteiger partial charge in [0.1, 0.15) is 0 Å². The van der Waals surface area contributed by atoms with Gasteiger partial charge in [0.2, 0.25) is 0 Å². The minimum atomic E-state index is -2.26. The Bertz CT molecular complexity index is 447. The van der Waals surface area contributed by atoms with Gasteiger partial charge in [0.15, 0.2) is 0 Å². The predicted molar refractivity (Wildman–Crippen MR) is 53.7 cm³/mol. The zero-order valence-electron chi connectivity index (χ0n) is 8.39. The first-order valence-corrected chi connectivity index (χ1v) is 4.87. The maximum absolute atomic E-state index is 13.3. The lowest BCUT2D eigenvalue weighted by molar-refractivity contribution is -0.148. The fourth-order valence-corrected chi connectivity index (χ4v) is 1.79. The summed E-state index contributed by atoms with van der Waals surface area (Å²) < 4.78 is 13.3. The number of fused-ring (bicyclic) bond motifs is 1. The van der Waals surface area contributed by atoms with E-state index in [1.54, 1.807) is 24.3 Å². The molecule has 1 heterocycles. The van der Waals surface area contributed by atoms with E-state index >= 15 is 0 Å². The lowest BCUT2D eigenvalue weighted by Gasteiger charge is -2.29. The molecule has 1 unspecified atom stereocenters. The standard InChI is InChI=1S/C11H10FNO3/c12-9(11(15)16)13-6-5-7-3-1-2-4-8(7)10(13)14/h1-4,9H,5-6H2,(H,15,16). The van der Waals surface area contributed by atoms with E-state index < -0.39 is 18.2 Å². The molecule has 1 atom stereocenters. The first-order chi connectivity index (χ1) is 7.61. The Hall–Kier alpha value is -1.91. The third-order valence-corrected chi connectivity index (χ3v) is 2.61. The van der Waals surface area contributed by atoms with Gasteiger partial charge < -0.3 is 5.11 Å². The highest BCUT2D eigenvalue weighted by atomic mass is 19.1. The molecule has 0 spiro atoms. The number of carboxylic acids is 1. The molecule has 0 aliphatic carbocycles. The van der Waals surface area contributed by atoms with Crippen LogP contribution in [-0.4, -0.2) is 34.7 Å². The van der Waals surface area contributed by atoms with Crippen molar-refractivity contribution in [2.75, 3.05) is 6.54 Å². The zero-order chi connectivity index (χ0) is 11.7. The number of aliphatic carboxylic acids is 1. The number of nitrogens with zero attached hydrogens (tertiary/aromatic N) is 1. The molecule has 0 radical (unpaired) electrons. The van der Waals surface area contributed by atoms with Gasteiger partial charge in [0.25, 0.3) is 12.2 Å². The molecule has 0 saturated carbocycles. The molecule has 2 rings (SSSR count). The molecular formula is C11H10FNO3. The first kappa shape index (κ1) is 10.6. The first-order valence-electron chi connectivity index (χ1n) is 4.87. The molecule has 1 aromatic carbocycles. The van der Waals surface area contributed by atoms with Crippen molar-refractivity contribution in [3.05, 3.63) is 35.4 Å². The van der Waals surface area contributed by atoms with E-state index in [-0.39, 0.29) is 6.54 Å². The third-order valence-electron chi connectivity index (χ3n) is 2.61. The molecule has 1 aliphatic heterocycles. The molecule has 0 fully saturated rings. The molecule has 0 saturated heterocycles. The average molecular weight is 223 g/mol. The van der Waals surface area contributed by atoms with E-state index in [1.807, 2.05) is 0 Å². The monoisotopic (exact) mass is 223 g/mol. The molecule has 0 bridgehead atoms. The summed E-state index contributed by atoms with van der Waals surface area (Å²) in [6.07, 6.45) is -1.78. The molecule has 5 heteroatoms.